The van der Waals surface area contributed by atoms with E-state index in [0.717, 1.165) is 21.4 Å². The Kier molecular flexibility index (Phi) is 4.29. The second kappa shape index (κ2) is 5.96. The van der Waals surface area contributed by atoms with Gasteiger partial charge in [-0.25, -0.2) is 0 Å². The van der Waals surface area contributed by atoms with E-state index < -0.39 is 0 Å². The second-order valence-electron chi connectivity index (χ2n) is 4.49. The number of rotatable bonds is 3. The van der Waals surface area contributed by atoms with Gasteiger partial charge in [0.1, 0.15) is 0 Å². The summed E-state index contributed by atoms with van der Waals surface area (Å²) in [4.78, 5) is 11.5. The summed E-state index contributed by atoms with van der Waals surface area (Å²) in [7, 11) is 1.59. The molecule has 0 radical (unpaired) electrons. The third-order valence-electron chi connectivity index (χ3n) is 2.93. The summed E-state index contributed by atoms with van der Waals surface area (Å²) in [5.41, 5.74) is 9.91. The maximum Gasteiger partial charge on any atom is 0.251 e. The van der Waals surface area contributed by atoms with Gasteiger partial charge in [-0.2, -0.15) is 0 Å². The highest BCUT2D eigenvalue weighted by molar-refractivity contribution is 9.10. The number of nitrogens with one attached hydrogen (secondary N) is 2. The standard InChI is InChI=1S/C15H16BrN3O/c1-9-3-5-11(16)14(7-9)19-13-6-4-10(8-12(13)17)15(20)18-2/h3-8,19H,17H2,1-2H3,(H,18,20). The fourth-order valence-electron chi connectivity index (χ4n) is 1.84. The molecule has 0 unspecified atom stereocenters. The SMILES string of the molecule is CNC(=O)c1ccc(Nc2cc(C)ccc2Br)c(N)c1. The zero-order valence-corrected chi connectivity index (χ0v) is 12.9. The Bertz CT molecular complexity index is 656. The number of nitrogen functional groups attached to an aromatic ring is 1. The van der Waals surface area contributed by atoms with Crippen LogP contribution in [0.15, 0.2) is 40.9 Å². The topological polar surface area (TPSA) is 67.2 Å². The molecule has 5 heteroatoms. The lowest BCUT2D eigenvalue weighted by Gasteiger charge is -2.12. The summed E-state index contributed by atoms with van der Waals surface area (Å²) in [5, 5.41) is 5.83. The van der Waals surface area contributed by atoms with Gasteiger partial charge in [0, 0.05) is 17.1 Å². The minimum absolute atomic E-state index is 0.153. The van der Waals surface area contributed by atoms with Crippen molar-refractivity contribution in [2.45, 2.75) is 6.92 Å². The molecule has 0 spiro atoms. The van der Waals surface area contributed by atoms with Crippen molar-refractivity contribution in [2.24, 2.45) is 0 Å². The van der Waals surface area contributed by atoms with E-state index in [-0.39, 0.29) is 5.91 Å². The number of hydrogen-bond donors (Lipinski definition) is 3. The molecule has 20 heavy (non-hydrogen) atoms. The van der Waals surface area contributed by atoms with Gasteiger partial charge in [-0.1, -0.05) is 6.07 Å². The zero-order valence-electron chi connectivity index (χ0n) is 11.3. The predicted molar refractivity (Wildman–Crippen MR) is 86.4 cm³/mol. The van der Waals surface area contributed by atoms with E-state index in [1.807, 2.05) is 25.1 Å². The highest BCUT2D eigenvalue weighted by Crippen LogP contribution is 2.30. The number of carbonyl (C=O) groups excluding carboxylic acids is 1. The molecule has 0 saturated carbocycles. The van der Waals surface area contributed by atoms with Crippen LogP contribution in [0.25, 0.3) is 0 Å². The third kappa shape index (κ3) is 3.11. The summed E-state index contributed by atoms with van der Waals surface area (Å²) in [6.07, 6.45) is 0. The average molecular weight is 334 g/mol. The quantitative estimate of drug-likeness (QED) is 0.753. The number of carbonyl (C=O) groups is 1. The highest BCUT2D eigenvalue weighted by Gasteiger charge is 2.08. The van der Waals surface area contributed by atoms with Gasteiger partial charge in [-0.3, -0.25) is 4.79 Å². The Morgan fingerprint density at radius 1 is 1.15 bits per heavy atom. The highest BCUT2D eigenvalue weighted by atomic mass is 79.9. The van der Waals surface area contributed by atoms with Gasteiger partial charge in [-0.15, -0.1) is 0 Å². The number of hydrogen-bond acceptors (Lipinski definition) is 3. The van der Waals surface area contributed by atoms with Crippen molar-refractivity contribution in [1.82, 2.24) is 5.32 Å². The minimum atomic E-state index is -0.153. The smallest absolute Gasteiger partial charge is 0.251 e. The Morgan fingerprint density at radius 2 is 1.90 bits per heavy atom. The summed E-state index contributed by atoms with van der Waals surface area (Å²) >= 11 is 3.49. The Balaban J connectivity index is 2.30. The largest absolute Gasteiger partial charge is 0.397 e. The van der Waals surface area contributed by atoms with E-state index in [4.69, 9.17) is 5.73 Å². The molecule has 2 aromatic carbocycles. The normalized spacial score (nSPS) is 10.2. The summed E-state index contributed by atoms with van der Waals surface area (Å²) in [5.74, 6) is -0.153. The molecule has 2 rings (SSSR count). The molecule has 0 aliphatic heterocycles. The van der Waals surface area contributed by atoms with E-state index in [0.29, 0.717) is 11.3 Å². The molecular formula is C15H16BrN3O. The number of benzene rings is 2. The van der Waals surface area contributed by atoms with E-state index in [9.17, 15) is 4.79 Å². The van der Waals surface area contributed by atoms with Crippen molar-refractivity contribution in [3.63, 3.8) is 0 Å². The summed E-state index contributed by atoms with van der Waals surface area (Å²) in [6.45, 7) is 2.02. The van der Waals surface area contributed by atoms with Crippen LogP contribution >= 0.6 is 15.9 Å². The molecule has 0 aliphatic carbocycles. The fourth-order valence-corrected chi connectivity index (χ4v) is 2.19. The third-order valence-corrected chi connectivity index (χ3v) is 3.62. The van der Waals surface area contributed by atoms with Crippen molar-refractivity contribution >= 4 is 38.9 Å². The average Bonchev–Trinajstić information content (AvgIpc) is 2.44. The molecule has 2 aromatic rings. The van der Waals surface area contributed by atoms with E-state index in [1.165, 1.54) is 0 Å². The molecule has 0 atom stereocenters. The van der Waals surface area contributed by atoms with Crippen LogP contribution in [0.3, 0.4) is 0 Å². The first-order valence-corrected chi connectivity index (χ1v) is 6.95. The van der Waals surface area contributed by atoms with E-state index >= 15 is 0 Å². The maximum absolute atomic E-state index is 11.5. The van der Waals surface area contributed by atoms with Gasteiger partial charge in [0.2, 0.25) is 0 Å². The number of amides is 1. The molecule has 0 heterocycles. The van der Waals surface area contributed by atoms with Crippen LogP contribution in [0.5, 0.6) is 0 Å². The lowest BCUT2D eigenvalue weighted by molar-refractivity contribution is 0.0963. The first-order valence-electron chi connectivity index (χ1n) is 6.16. The molecule has 1 amide bonds. The Labute approximate surface area is 126 Å². The summed E-state index contributed by atoms with van der Waals surface area (Å²) < 4.78 is 0.956. The molecule has 104 valence electrons. The molecule has 0 saturated heterocycles. The van der Waals surface area contributed by atoms with E-state index in [1.54, 1.807) is 25.2 Å². The van der Waals surface area contributed by atoms with Crippen molar-refractivity contribution in [1.29, 1.82) is 0 Å². The zero-order chi connectivity index (χ0) is 14.7. The number of nitrogens with two attached hydrogens (primary N) is 1. The van der Waals surface area contributed by atoms with Crippen LogP contribution < -0.4 is 16.4 Å². The van der Waals surface area contributed by atoms with Gasteiger partial charge in [-0.05, 0) is 58.7 Å². The van der Waals surface area contributed by atoms with Gasteiger partial charge in [0.25, 0.3) is 5.91 Å². The van der Waals surface area contributed by atoms with E-state index in [2.05, 4.69) is 26.6 Å². The van der Waals surface area contributed by atoms with Crippen molar-refractivity contribution in [3.05, 3.63) is 52.0 Å². The van der Waals surface area contributed by atoms with Gasteiger partial charge in [0.15, 0.2) is 0 Å². The van der Waals surface area contributed by atoms with Crippen molar-refractivity contribution in [2.75, 3.05) is 18.1 Å². The molecule has 4 nitrogen and oxygen atoms in total. The molecule has 0 aliphatic rings. The van der Waals surface area contributed by atoms with Crippen LogP contribution in [0.4, 0.5) is 17.1 Å². The lowest BCUT2D eigenvalue weighted by Crippen LogP contribution is -2.17. The Hall–Kier alpha value is -2.01. The van der Waals surface area contributed by atoms with Crippen LogP contribution in [0, 0.1) is 6.92 Å². The maximum atomic E-state index is 11.5. The number of aryl methyl sites for hydroxylation is 1. The van der Waals surface area contributed by atoms with Crippen LogP contribution in [0.2, 0.25) is 0 Å². The van der Waals surface area contributed by atoms with Crippen molar-refractivity contribution in [3.8, 4) is 0 Å². The van der Waals surface area contributed by atoms with Crippen LogP contribution in [-0.4, -0.2) is 13.0 Å². The van der Waals surface area contributed by atoms with Crippen LogP contribution in [0.1, 0.15) is 15.9 Å². The van der Waals surface area contributed by atoms with Crippen LogP contribution in [-0.2, 0) is 0 Å². The second-order valence-corrected chi connectivity index (χ2v) is 5.34. The molecule has 0 aromatic heterocycles. The first-order chi connectivity index (χ1) is 9.51. The first kappa shape index (κ1) is 14.4. The predicted octanol–water partition coefficient (Wildman–Crippen LogP) is 3.44. The number of anilines is 3. The summed E-state index contributed by atoms with van der Waals surface area (Å²) in [6, 6.07) is 11.2. The molecular weight excluding hydrogens is 318 g/mol. The van der Waals surface area contributed by atoms with Crippen molar-refractivity contribution < 1.29 is 4.79 Å². The fraction of sp³-hybridized carbons (Fsp3) is 0.133. The minimum Gasteiger partial charge on any atom is -0.397 e. The lowest BCUT2D eigenvalue weighted by atomic mass is 10.1. The molecule has 0 fully saturated rings. The molecule has 4 N–H and O–H groups in total. The number of halogens is 1. The van der Waals surface area contributed by atoms with Gasteiger partial charge < -0.3 is 16.4 Å². The van der Waals surface area contributed by atoms with Gasteiger partial charge in [0.05, 0.1) is 17.1 Å². The Morgan fingerprint density at radius 3 is 2.55 bits per heavy atom. The molecule has 0 bridgehead atoms. The van der Waals surface area contributed by atoms with Gasteiger partial charge >= 0.3 is 0 Å². The monoisotopic (exact) mass is 333 g/mol.